The number of anilines is 1. The van der Waals surface area contributed by atoms with Crippen molar-refractivity contribution in [3.63, 3.8) is 0 Å². The molecule has 9 heteroatoms. The maximum absolute atomic E-state index is 12.3. The number of carbonyl (C=O) groups is 1. The van der Waals surface area contributed by atoms with Crippen molar-refractivity contribution < 1.29 is 4.79 Å². The molecule has 0 spiro atoms. The molecule has 0 unspecified atom stereocenters. The highest BCUT2D eigenvalue weighted by atomic mass is 32.2. The molecule has 0 atom stereocenters. The van der Waals surface area contributed by atoms with E-state index in [4.69, 9.17) is 0 Å². The van der Waals surface area contributed by atoms with Crippen molar-refractivity contribution >= 4 is 29.1 Å². The minimum Gasteiger partial charge on any atom is -0.325 e. The van der Waals surface area contributed by atoms with Crippen molar-refractivity contribution in [1.29, 1.82) is 0 Å². The molecule has 28 heavy (non-hydrogen) atoms. The molecule has 2 N–H and O–H groups in total. The maximum atomic E-state index is 12.3. The number of nitrogens with one attached hydrogen (secondary N) is 2. The lowest BCUT2D eigenvalue weighted by Gasteiger charge is -2.05. The molecule has 0 radical (unpaired) electrons. The molecule has 2 heterocycles. The molecular weight excluding hydrogens is 376 g/mol. The van der Waals surface area contributed by atoms with Crippen LogP contribution in [0.15, 0.2) is 64.5 Å². The number of rotatable bonds is 5. The fourth-order valence-electron chi connectivity index (χ4n) is 2.66. The van der Waals surface area contributed by atoms with Crippen LogP contribution < -0.4 is 10.9 Å². The summed E-state index contributed by atoms with van der Waals surface area (Å²) in [5.41, 5.74) is 2.41. The Balaban J connectivity index is 1.54. The fourth-order valence-corrected chi connectivity index (χ4v) is 3.35. The van der Waals surface area contributed by atoms with Gasteiger partial charge >= 0.3 is 0 Å². The number of fused-ring (bicyclic) bond motifs is 1. The lowest BCUT2D eigenvalue weighted by atomic mass is 10.2. The topological polar surface area (TPSA) is 105 Å². The van der Waals surface area contributed by atoms with Gasteiger partial charge in [0.15, 0.2) is 5.69 Å². The summed E-state index contributed by atoms with van der Waals surface area (Å²) in [7, 11) is 0. The normalized spacial score (nSPS) is 10.9. The molecule has 1 amide bonds. The van der Waals surface area contributed by atoms with Crippen molar-refractivity contribution in [2.45, 2.75) is 12.1 Å². The molecule has 0 saturated heterocycles. The number of hydrogen-bond donors (Lipinski definition) is 2. The van der Waals surface area contributed by atoms with E-state index in [2.05, 4.69) is 25.6 Å². The van der Waals surface area contributed by atoms with Gasteiger partial charge < -0.3 is 5.32 Å². The van der Waals surface area contributed by atoms with E-state index in [9.17, 15) is 9.59 Å². The lowest BCUT2D eigenvalue weighted by Crippen LogP contribution is -2.16. The fraction of sp³-hybridized carbons (Fsp3) is 0.105. The average Bonchev–Trinajstić information content (AvgIpc) is 3.08. The summed E-state index contributed by atoms with van der Waals surface area (Å²) in [6, 6.07) is 16.7. The first-order valence-electron chi connectivity index (χ1n) is 8.50. The number of carbonyl (C=O) groups excluding carboxylic acids is 1. The van der Waals surface area contributed by atoms with E-state index in [1.165, 1.54) is 16.3 Å². The zero-order valence-corrected chi connectivity index (χ0v) is 15.7. The van der Waals surface area contributed by atoms with Crippen LogP contribution in [0.5, 0.6) is 0 Å². The number of aryl methyl sites for hydroxylation is 1. The SMILES string of the molecule is Cc1cccc(NC(=O)CSc2nnc3[nH]c(=O)c(-c4ccccc4)nn23)c1. The molecule has 0 bridgehead atoms. The first-order chi connectivity index (χ1) is 13.6. The van der Waals surface area contributed by atoms with E-state index in [0.29, 0.717) is 10.7 Å². The molecule has 0 aliphatic heterocycles. The monoisotopic (exact) mass is 392 g/mol. The number of hydrogen-bond acceptors (Lipinski definition) is 6. The number of aromatic amines is 1. The van der Waals surface area contributed by atoms with Gasteiger partial charge in [0.05, 0.1) is 5.75 Å². The summed E-state index contributed by atoms with van der Waals surface area (Å²) in [5, 5.41) is 15.6. The minimum atomic E-state index is -0.347. The molecule has 140 valence electrons. The molecular formula is C19H16N6O2S. The van der Waals surface area contributed by atoms with Gasteiger partial charge in [-0.2, -0.15) is 9.61 Å². The van der Waals surface area contributed by atoms with Gasteiger partial charge in [-0.15, -0.1) is 10.2 Å². The third kappa shape index (κ3) is 3.79. The second kappa shape index (κ2) is 7.65. The molecule has 0 fully saturated rings. The maximum Gasteiger partial charge on any atom is 0.279 e. The zero-order valence-electron chi connectivity index (χ0n) is 14.9. The minimum absolute atomic E-state index is 0.135. The molecule has 2 aromatic heterocycles. The van der Waals surface area contributed by atoms with Crippen LogP contribution in [-0.4, -0.2) is 36.5 Å². The molecule has 2 aromatic carbocycles. The van der Waals surface area contributed by atoms with E-state index >= 15 is 0 Å². The van der Waals surface area contributed by atoms with Gasteiger partial charge in [0.1, 0.15) is 0 Å². The Labute approximate surface area is 164 Å². The molecule has 0 aliphatic rings. The number of thioether (sulfide) groups is 1. The highest BCUT2D eigenvalue weighted by Crippen LogP contribution is 2.18. The Bertz CT molecular complexity index is 1200. The average molecular weight is 392 g/mol. The predicted octanol–water partition coefficient (Wildman–Crippen LogP) is 2.52. The highest BCUT2D eigenvalue weighted by Gasteiger charge is 2.14. The van der Waals surface area contributed by atoms with Crippen LogP contribution >= 0.6 is 11.8 Å². The zero-order chi connectivity index (χ0) is 19.5. The molecule has 0 aliphatic carbocycles. The van der Waals surface area contributed by atoms with E-state index < -0.39 is 0 Å². The van der Waals surface area contributed by atoms with Gasteiger partial charge in [-0.05, 0) is 24.6 Å². The van der Waals surface area contributed by atoms with Gasteiger partial charge in [0, 0.05) is 11.3 Å². The number of nitrogens with zero attached hydrogens (tertiary/aromatic N) is 4. The second-order valence-corrected chi connectivity index (χ2v) is 7.04. The van der Waals surface area contributed by atoms with Crippen LogP contribution in [0.1, 0.15) is 5.56 Å². The molecule has 4 aromatic rings. The number of amides is 1. The molecule has 4 rings (SSSR count). The van der Waals surface area contributed by atoms with Crippen LogP contribution in [-0.2, 0) is 4.79 Å². The van der Waals surface area contributed by atoms with E-state index in [-0.39, 0.29) is 28.7 Å². The standard InChI is InChI=1S/C19H16N6O2S/c1-12-6-5-9-14(10-12)20-15(26)11-28-19-23-22-18-21-17(27)16(24-25(18)19)13-7-3-2-4-8-13/h2-10H,11H2,1H3,(H,20,26)(H,21,22,27). The van der Waals surface area contributed by atoms with Gasteiger partial charge in [-0.25, -0.2) is 0 Å². The first-order valence-corrected chi connectivity index (χ1v) is 9.49. The van der Waals surface area contributed by atoms with E-state index in [1.807, 2.05) is 49.4 Å². The summed E-state index contributed by atoms with van der Waals surface area (Å²) >= 11 is 1.19. The number of H-pyrrole nitrogens is 1. The largest absolute Gasteiger partial charge is 0.325 e. The lowest BCUT2D eigenvalue weighted by molar-refractivity contribution is -0.113. The summed E-state index contributed by atoms with van der Waals surface area (Å²) < 4.78 is 1.44. The summed E-state index contributed by atoms with van der Waals surface area (Å²) in [5.74, 6) is 0.197. The summed E-state index contributed by atoms with van der Waals surface area (Å²) in [6.07, 6.45) is 0. The van der Waals surface area contributed by atoms with Crippen LogP contribution in [0.2, 0.25) is 0 Å². The van der Waals surface area contributed by atoms with Crippen molar-refractivity contribution in [3.8, 4) is 11.3 Å². The second-order valence-electron chi connectivity index (χ2n) is 6.09. The van der Waals surface area contributed by atoms with Crippen LogP contribution in [0, 0.1) is 6.92 Å². The van der Waals surface area contributed by atoms with Gasteiger partial charge in [0.25, 0.3) is 11.3 Å². The quantitative estimate of drug-likeness (QED) is 0.506. The smallest absolute Gasteiger partial charge is 0.279 e. The Kier molecular flexibility index (Phi) is 4.90. The Morgan fingerprint density at radius 3 is 2.75 bits per heavy atom. The number of aromatic nitrogens is 5. The van der Waals surface area contributed by atoms with Crippen LogP contribution in [0.4, 0.5) is 5.69 Å². The number of benzene rings is 2. The first kappa shape index (κ1) is 17.9. The van der Waals surface area contributed by atoms with E-state index in [0.717, 1.165) is 11.3 Å². The van der Waals surface area contributed by atoms with Gasteiger partial charge in [0.2, 0.25) is 11.1 Å². The Hall–Kier alpha value is -3.46. The van der Waals surface area contributed by atoms with Crippen LogP contribution in [0.3, 0.4) is 0 Å². The van der Waals surface area contributed by atoms with Crippen molar-refractivity contribution in [2.75, 3.05) is 11.1 Å². The predicted molar refractivity (Wildman–Crippen MR) is 107 cm³/mol. The third-order valence-electron chi connectivity index (χ3n) is 3.93. The summed E-state index contributed by atoms with van der Waals surface area (Å²) in [6.45, 7) is 1.96. The molecule has 8 nitrogen and oxygen atoms in total. The Morgan fingerprint density at radius 1 is 1.14 bits per heavy atom. The van der Waals surface area contributed by atoms with Gasteiger partial charge in [-0.3, -0.25) is 14.6 Å². The third-order valence-corrected chi connectivity index (χ3v) is 4.85. The van der Waals surface area contributed by atoms with E-state index in [1.54, 1.807) is 12.1 Å². The summed E-state index contributed by atoms with van der Waals surface area (Å²) in [4.78, 5) is 27.2. The van der Waals surface area contributed by atoms with Crippen molar-refractivity contribution in [1.82, 2.24) is 24.8 Å². The van der Waals surface area contributed by atoms with Gasteiger partial charge in [-0.1, -0.05) is 54.2 Å². The molecule has 0 saturated carbocycles. The van der Waals surface area contributed by atoms with Crippen molar-refractivity contribution in [2.24, 2.45) is 0 Å². The van der Waals surface area contributed by atoms with Crippen molar-refractivity contribution in [3.05, 3.63) is 70.5 Å². The Morgan fingerprint density at radius 2 is 1.96 bits per heavy atom. The van der Waals surface area contributed by atoms with Crippen LogP contribution in [0.25, 0.3) is 17.0 Å². The highest BCUT2D eigenvalue weighted by molar-refractivity contribution is 7.99.